The number of rotatable bonds is 14. The van der Waals surface area contributed by atoms with Crippen molar-refractivity contribution in [2.24, 2.45) is 16.6 Å². The van der Waals surface area contributed by atoms with E-state index in [9.17, 15) is 44.7 Å². The molecule has 3 rings (SSSR count). The van der Waals surface area contributed by atoms with Gasteiger partial charge in [-0.2, -0.15) is 35.1 Å². The second-order valence-corrected chi connectivity index (χ2v) is 13.0. The molecule has 3 aromatic rings. The van der Waals surface area contributed by atoms with Crippen LogP contribution in [0.5, 0.6) is 5.75 Å². The van der Waals surface area contributed by atoms with Crippen LogP contribution in [0.25, 0.3) is 22.1 Å². The number of ether oxygens (including phenoxy) is 2. The molecule has 0 radical (unpaired) electrons. The fourth-order valence-corrected chi connectivity index (χ4v) is 5.03. The summed E-state index contributed by atoms with van der Waals surface area (Å²) < 4.78 is 131. The van der Waals surface area contributed by atoms with Crippen LogP contribution >= 0.6 is 0 Å². The summed E-state index contributed by atoms with van der Waals surface area (Å²) >= 11 is 0. The Balaban J connectivity index is 1.66. The predicted octanol–water partition coefficient (Wildman–Crippen LogP) is 8.49. The lowest BCUT2D eigenvalue weighted by Gasteiger charge is -2.38. The topological polar surface area (TPSA) is 91.8 Å². The molecular weight excluding hydrogens is 642 g/mol. The lowest BCUT2D eigenvalue weighted by molar-refractivity contribution is -0.369. The van der Waals surface area contributed by atoms with E-state index in [0.29, 0.717) is 10.9 Å². The monoisotopic (exact) mass is 679 g/mol. The van der Waals surface area contributed by atoms with Gasteiger partial charge in [-0.05, 0) is 49.4 Å². The number of esters is 1. The van der Waals surface area contributed by atoms with Crippen molar-refractivity contribution in [3.8, 4) is 16.9 Å². The van der Waals surface area contributed by atoms with Crippen molar-refractivity contribution in [2.75, 3.05) is 13.2 Å². The van der Waals surface area contributed by atoms with Gasteiger partial charge >= 0.3 is 35.3 Å². The van der Waals surface area contributed by atoms with Crippen LogP contribution in [0, 0.1) is 10.8 Å². The standard InChI is InChI=1S/C33H37F8NO5/c1-20(42)29(5,19-28(2,3)4)27(44)46-16-14-31(36,37)33(40,41)32(38,39)30(34,35)13-15-45-23-12-11-22-17-24(21-9-7-6-8-10-21)26(43)47-25(22)18-23/h6-12,17-18,20H,13-16,19,42H2,1-5H3. The molecule has 0 saturated heterocycles. The van der Waals surface area contributed by atoms with Gasteiger partial charge in [-0.25, -0.2) is 4.79 Å². The van der Waals surface area contributed by atoms with Crippen LogP contribution < -0.4 is 16.1 Å². The van der Waals surface area contributed by atoms with E-state index in [-0.39, 0.29) is 23.3 Å². The van der Waals surface area contributed by atoms with Gasteiger partial charge in [-0.1, -0.05) is 51.1 Å². The number of benzene rings is 2. The van der Waals surface area contributed by atoms with Gasteiger partial charge in [-0.15, -0.1) is 0 Å². The zero-order valence-electron chi connectivity index (χ0n) is 26.5. The van der Waals surface area contributed by atoms with Crippen molar-refractivity contribution in [2.45, 2.75) is 83.6 Å². The molecule has 47 heavy (non-hydrogen) atoms. The van der Waals surface area contributed by atoms with E-state index in [2.05, 4.69) is 0 Å². The van der Waals surface area contributed by atoms with E-state index in [1.165, 1.54) is 32.0 Å². The summed E-state index contributed by atoms with van der Waals surface area (Å²) in [6.07, 6.45) is -4.12. The zero-order chi connectivity index (χ0) is 35.6. The van der Waals surface area contributed by atoms with Crippen molar-refractivity contribution >= 4 is 16.9 Å². The Morgan fingerprint density at radius 2 is 1.38 bits per heavy atom. The maximum atomic E-state index is 14.5. The van der Waals surface area contributed by atoms with E-state index in [4.69, 9.17) is 19.6 Å². The lowest BCUT2D eigenvalue weighted by atomic mass is 9.71. The summed E-state index contributed by atoms with van der Waals surface area (Å²) in [5, 5.41) is 0.400. The third-order valence-electron chi connectivity index (χ3n) is 7.81. The molecule has 0 fully saturated rings. The third kappa shape index (κ3) is 8.07. The van der Waals surface area contributed by atoms with Gasteiger partial charge in [-0.3, -0.25) is 4.79 Å². The minimum Gasteiger partial charge on any atom is -0.493 e. The summed E-state index contributed by atoms with van der Waals surface area (Å²) in [7, 11) is 0. The number of carbonyl (C=O) groups excluding carboxylic acids is 1. The molecule has 0 amide bonds. The summed E-state index contributed by atoms with van der Waals surface area (Å²) in [6.45, 7) is 5.35. The molecule has 2 atom stereocenters. The van der Waals surface area contributed by atoms with Crippen molar-refractivity contribution in [3.63, 3.8) is 0 Å². The van der Waals surface area contributed by atoms with E-state index >= 15 is 0 Å². The average molecular weight is 680 g/mol. The summed E-state index contributed by atoms with van der Waals surface area (Å²) in [4.78, 5) is 25.1. The highest BCUT2D eigenvalue weighted by atomic mass is 19.4. The van der Waals surface area contributed by atoms with Gasteiger partial charge in [0.25, 0.3) is 0 Å². The SMILES string of the molecule is CC(N)C(C)(CC(C)(C)C)C(=O)OCCC(F)(F)C(F)(F)C(F)(F)C(F)(F)CCOc1ccc2cc(-c3ccccc3)c(=O)oc2c1. The minimum atomic E-state index is -6.55. The molecule has 0 aliphatic carbocycles. The number of fused-ring (bicyclic) bond motifs is 1. The molecule has 6 nitrogen and oxygen atoms in total. The van der Waals surface area contributed by atoms with Crippen LogP contribution in [0.3, 0.4) is 0 Å². The van der Waals surface area contributed by atoms with Crippen LogP contribution in [0.1, 0.15) is 53.9 Å². The van der Waals surface area contributed by atoms with E-state index in [1.807, 2.05) is 0 Å². The largest absolute Gasteiger partial charge is 0.493 e. The van der Waals surface area contributed by atoms with Crippen LogP contribution in [0.2, 0.25) is 0 Å². The predicted molar refractivity (Wildman–Crippen MR) is 159 cm³/mol. The van der Waals surface area contributed by atoms with Gasteiger partial charge in [0.05, 0.1) is 37.0 Å². The number of nitrogens with two attached hydrogens (primary N) is 1. The maximum Gasteiger partial charge on any atom is 0.378 e. The fraction of sp³-hybridized carbons (Fsp3) is 0.515. The average Bonchev–Trinajstić information content (AvgIpc) is 2.95. The Morgan fingerprint density at radius 3 is 1.91 bits per heavy atom. The molecule has 2 N–H and O–H groups in total. The Hall–Kier alpha value is -3.68. The second kappa shape index (κ2) is 13.4. The van der Waals surface area contributed by atoms with Gasteiger partial charge in [0.1, 0.15) is 11.3 Å². The van der Waals surface area contributed by atoms with Crippen LogP contribution in [-0.4, -0.2) is 48.9 Å². The Kier molecular flexibility index (Phi) is 10.8. The van der Waals surface area contributed by atoms with Crippen molar-refractivity contribution in [3.05, 3.63) is 65.0 Å². The molecule has 0 bridgehead atoms. The highest BCUT2D eigenvalue weighted by Crippen LogP contribution is 2.54. The van der Waals surface area contributed by atoms with Crippen LogP contribution in [0.4, 0.5) is 35.1 Å². The van der Waals surface area contributed by atoms with Gasteiger partial charge < -0.3 is 19.6 Å². The van der Waals surface area contributed by atoms with Gasteiger partial charge in [0.2, 0.25) is 0 Å². The molecule has 1 aromatic heterocycles. The Labute approximate surface area is 266 Å². The summed E-state index contributed by atoms with van der Waals surface area (Å²) in [5.74, 6) is -25.8. The number of halogens is 8. The quantitative estimate of drug-likeness (QED) is 0.104. The summed E-state index contributed by atoms with van der Waals surface area (Å²) in [5.41, 5.74) is 3.95. The molecule has 260 valence electrons. The molecule has 0 aliphatic rings. The molecule has 2 aromatic carbocycles. The number of hydrogen-bond donors (Lipinski definition) is 1. The third-order valence-corrected chi connectivity index (χ3v) is 7.81. The van der Waals surface area contributed by atoms with Crippen molar-refractivity contribution in [1.82, 2.24) is 0 Å². The Bertz CT molecular complexity index is 1600. The van der Waals surface area contributed by atoms with E-state index < -0.39 is 78.2 Å². The molecule has 0 saturated carbocycles. The van der Waals surface area contributed by atoms with Crippen LogP contribution in [-0.2, 0) is 9.53 Å². The highest BCUT2D eigenvalue weighted by molar-refractivity contribution is 5.82. The first-order valence-corrected chi connectivity index (χ1v) is 14.7. The van der Waals surface area contributed by atoms with Crippen molar-refractivity contribution < 1.29 is 53.8 Å². The first-order chi connectivity index (χ1) is 21.4. The van der Waals surface area contributed by atoms with Gasteiger partial charge in [0, 0.05) is 17.5 Å². The smallest absolute Gasteiger partial charge is 0.378 e. The zero-order valence-corrected chi connectivity index (χ0v) is 26.5. The maximum absolute atomic E-state index is 14.5. The Morgan fingerprint density at radius 1 is 0.830 bits per heavy atom. The highest BCUT2D eigenvalue weighted by Gasteiger charge is 2.79. The second-order valence-electron chi connectivity index (χ2n) is 13.0. The first-order valence-electron chi connectivity index (χ1n) is 14.7. The minimum absolute atomic E-state index is 0.0456. The van der Waals surface area contributed by atoms with Crippen molar-refractivity contribution in [1.29, 1.82) is 0 Å². The number of carbonyl (C=O) groups is 1. The fourth-order valence-electron chi connectivity index (χ4n) is 5.03. The molecular formula is C33H37F8NO5. The normalized spacial score (nSPS) is 15.3. The van der Waals surface area contributed by atoms with E-state index in [0.717, 1.165) is 6.07 Å². The molecule has 14 heteroatoms. The molecule has 2 unspecified atom stereocenters. The molecule has 1 heterocycles. The molecule has 0 spiro atoms. The molecule has 0 aliphatic heterocycles. The van der Waals surface area contributed by atoms with Gasteiger partial charge in [0.15, 0.2) is 0 Å². The van der Waals surface area contributed by atoms with Crippen LogP contribution in [0.15, 0.2) is 63.8 Å². The number of alkyl halides is 8. The lowest BCUT2D eigenvalue weighted by Crippen LogP contribution is -2.62. The number of hydrogen-bond acceptors (Lipinski definition) is 6. The first kappa shape index (κ1) is 37.8. The van der Waals surface area contributed by atoms with E-state index in [1.54, 1.807) is 51.1 Å². The summed E-state index contributed by atoms with van der Waals surface area (Å²) in [6, 6.07) is 12.9.